The molecule has 0 aliphatic heterocycles. The number of benzene rings is 1. The molecule has 0 amide bonds. The lowest BCUT2D eigenvalue weighted by Gasteiger charge is -2.06. The maximum atomic E-state index is 5.95. The van der Waals surface area contributed by atoms with Gasteiger partial charge in [-0.05, 0) is 38.6 Å². The van der Waals surface area contributed by atoms with Crippen LogP contribution in [0.1, 0.15) is 19.2 Å². The summed E-state index contributed by atoms with van der Waals surface area (Å²) in [6, 6.07) is 5.61. The van der Waals surface area contributed by atoms with E-state index in [1.165, 1.54) is 0 Å². The minimum Gasteiger partial charge on any atom is -0.339 e. The fourth-order valence-corrected chi connectivity index (χ4v) is 2.17. The van der Waals surface area contributed by atoms with E-state index < -0.39 is 0 Å². The Morgan fingerprint density at radius 3 is 2.58 bits per heavy atom. The van der Waals surface area contributed by atoms with E-state index in [2.05, 4.69) is 22.4 Å². The molecule has 0 spiro atoms. The van der Waals surface area contributed by atoms with Crippen molar-refractivity contribution in [3.05, 3.63) is 34.1 Å². The second kappa shape index (κ2) is 6.37. The van der Waals surface area contributed by atoms with E-state index in [9.17, 15) is 0 Å². The van der Waals surface area contributed by atoms with Crippen LogP contribution in [0.15, 0.2) is 22.7 Å². The number of halogens is 2. The molecule has 2 rings (SSSR count). The van der Waals surface area contributed by atoms with Crippen LogP contribution in [0.5, 0.6) is 0 Å². The summed E-state index contributed by atoms with van der Waals surface area (Å²) in [7, 11) is 1.93. The van der Waals surface area contributed by atoms with Crippen LogP contribution >= 0.6 is 23.2 Å². The summed E-state index contributed by atoms with van der Waals surface area (Å²) in [6.07, 6.45) is 1.68. The minimum atomic E-state index is 0.413. The first-order chi connectivity index (χ1) is 9.08. The molecule has 102 valence electrons. The summed E-state index contributed by atoms with van der Waals surface area (Å²) in [4.78, 5) is 4.35. The highest BCUT2D eigenvalue weighted by molar-refractivity contribution is 6.35. The van der Waals surface area contributed by atoms with Gasteiger partial charge in [0, 0.05) is 28.1 Å². The molecule has 0 bridgehead atoms. The van der Waals surface area contributed by atoms with Gasteiger partial charge in [-0.3, -0.25) is 0 Å². The summed E-state index contributed by atoms with van der Waals surface area (Å²) in [5.41, 5.74) is 0.758. The molecule has 2 aromatic rings. The first-order valence-electron chi connectivity index (χ1n) is 6.05. The summed E-state index contributed by atoms with van der Waals surface area (Å²) >= 11 is 11.9. The molecule has 19 heavy (non-hydrogen) atoms. The topological polar surface area (TPSA) is 51.0 Å². The Kier molecular flexibility index (Phi) is 4.80. The van der Waals surface area contributed by atoms with Crippen molar-refractivity contribution in [1.29, 1.82) is 0 Å². The van der Waals surface area contributed by atoms with E-state index >= 15 is 0 Å². The Morgan fingerprint density at radius 2 is 1.95 bits per heavy atom. The van der Waals surface area contributed by atoms with Crippen LogP contribution in [-0.2, 0) is 6.42 Å². The van der Waals surface area contributed by atoms with Crippen molar-refractivity contribution in [2.75, 3.05) is 7.05 Å². The smallest absolute Gasteiger partial charge is 0.227 e. The fourth-order valence-electron chi connectivity index (χ4n) is 1.64. The molecular formula is C13H15Cl2N3O. The van der Waals surface area contributed by atoms with Gasteiger partial charge in [-0.2, -0.15) is 4.98 Å². The molecular weight excluding hydrogens is 285 g/mol. The number of rotatable bonds is 5. The lowest BCUT2D eigenvalue weighted by molar-refractivity contribution is 0.369. The van der Waals surface area contributed by atoms with Gasteiger partial charge in [0.25, 0.3) is 0 Å². The quantitative estimate of drug-likeness (QED) is 0.917. The van der Waals surface area contributed by atoms with E-state index in [4.69, 9.17) is 27.7 Å². The second-order valence-electron chi connectivity index (χ2n) is 4.40. The maximum Gasteiger partial charge on any atom is 0.227 e. The normalized spacial score (nSPS) is 12.6. The number of hydrogen-bond donors (Lipinski definition) is 1. The van der Waals surface area contributed by atoms with E-state index in [1.807, 2.05) is 7.05 Å². The predicted octanol–water partition coefficient (Wildman–Crippen LogP) is 3.58. The molecule has 4 nitrogen and oxygen atoms in total. The van der Waals surface area contributed by atoms with Crippen LogP contribution in [0.4, 0.5) is 0 Å². The van der Waals surface area contributed by atoms with Crippen molar-refractivity contribution >= 4 is 23.2 Å². The summed E-state index contributed by atoms with van der Waals surface area (Å²) < 4.78 is 5.22. The number of nitrogens with one attached hydrogen (secondary N) is 1. The van der Waals surface area contributed by atoms with Gasteiger partial charge in [-0.15, -0.1) is 0 Å². The van der Waals surface area contributed by atoms with Crippen LogP contribution in [0.3, 0.4) is 0 Å². The third-order valence-corrected chi connectivity index (χ3v) is 3.31. The Hall–Kier alpha value is -1.10. The Balaban J connectivity index is 2.12. The largest absolute Gasteiger partial charge is 0.339 e. The highest BCUT2D eigenvalue weighted by atomic mass is 35.5. The van der Waals surface area contributed by atoms with Gasteiger partial charge in [0.2, 0.25) is 11.7 Å². The van der Waals surface area contributed by atoms with Crippen LogP contribution in [0.2, 0.25) is 10.0 Å². The van der Waals surface area contributed by atoms with E-state index in [0.717, 1.165) is 18.4 Å². The zero-order chi connectivity index (χ0) is 13.8. The summed E-state index contributed by atoms with van der Waals surface area (Å²) in [6.45, 7) is 2.11. The average molecular weight is 300 g/mol. The predicted molar refractivity (Wildman–Crippen MR) is 76.6 cm³/mol. The van der Waals surface area contributed by atoms with Gasteiger partial charge in [-0.25, -0.2) is 0 Å². The van der Waals surface area contributed by atoms with Crippen LogP contribution in [0.25, 0.3) is 11.4 Å². The van der Waals surface area contributed by atoms with Gasteiger partial charge in [0.15, 0.2) is 0 Å². The maximum absolute atomic E-state index is 5.95. The lowest BCUT2D eigenvalue weighted by atomic mass is 10.2. The van der Waals surface area contributed by atoms with Gasteiger partial charge in [0.1, 0.15) is 0 Å². The lowest BCUT2D eigenvalue weighted by Crippen LogP contribution is -2.21. The van der Waals surface area contributed by atoms with Gasteiger partial charge in [-0.1, -0.05) is 28.4 Å². The molecule has 0 saturated heterocycles. The molecule has 1 aromatic heterocycles. The zero-order valence-electron chi connectivity index (χ0n) is 10.8. The van der Waals surface area contributed by atoms with Crippen LogP contribution < -0.4 is 5.32 Å². The summed E-state index contributed by atoms with van der Waals surface area (Å²) in [5.74, 6) is 1.13. The number of hydrogen-bond acceptors (Lipinski definition) is 4. The number of aryl methyl sites for hydroxylation is 1. The third-order valence-electron chi connectivity index (χ3n) is 2.87. The van der Waals surface area contributed by atoms with Crippen molar-refractivity contribution in [2.24, 2.45) is 0 Å². The highest BCUT2D eigenvalue weighted by Gasteiger charge is 2.11. The van der Waals surface area contributed by atoms with Gasteiger partial charge >= 0.3 is 0 Å². The number of aromatic nitrogens is 2. The van der Waals surface area contributed by atoms with Crippen molar-refractivity contribution < 1.29 is 4.52 Å². The standard InChI is InChI=1S/C13H15Cl2N3O/c1-8(16-2)3-4-12-17-13(18-19-12)9-5-10(14)7-11(15)6-9/h5-8,16H,3-4H2,1-2H3. The highest BCUT2D eigenvalue weighted by Crippen LogP contribution is 2.25. The van der Waals surface area contributed by atoms with Crippen LogP contribution in [0, 0.1) is 0 Å². The molecule has 1 aromatic carbocycles. The van der Waals surface area contributed by atoms with Crippen LogP contribution in [-0.4, -0.2) is 23.2 Å². The second-order valence-corrected chi connectivity index (χ2v) is 5.27. The molecule has 1 N–H and O–H groups in total. The van der Waals surface area contributed by atoms with E-state index in [-0.39, 0.29) is 0 Å². The molecule has 6 heteroatoms. The molecule has 0 saturated carbocycles. The fraction of sp³-hybridized carbons (Fsp3) is 0.385. The number of nitrogens with zero attached hydrogens (tertiary/aromatic N) is 2. The molecule has 0 fully saturated rings. The molecule has 1 unspecified atom stereocenters. The Bertz CT molecular complexity index is 536. The van der Waals surface area contributed by atoms with Gasteiger partial charge < -0.3 is 9.84 Å². The van der Waals surface area contributed by atoms with Gasteiger partial charge in [0.05, 0.1) is 0 Å². The molecule has 1 heterocycles. The monoisotopic (exact) mass is 299 g/mol. The molecule has 0 aliphatic carbocycles. The van der Waals surface area contributed by atoms with Crippen molar-refractivity contribution in [1.82, 2.24) is 15.5 Å². The van der Waals surface area contributed by atoms with E-state index in [1.54, 1.807) is 18.2 Å². The zero-order valence-corrected chi connectivity index (χ0v) is 12.3. The van der Waals surface area contributed by atoms with Crippen molar-refractivity contribution in [3.8, 4) is 11.4 Å². The molecule has 1 atom stereocenters. The Morgan fingerprint density at radius 1 is 1.26 bits per heavy atom. The SMILES string of the molecule is CNC(C)CCc1nc(-c2cc(Cl)cc(Cl)c2)no1. The minimum absolute atomic E-state index is 0.413. The third kappa shape index (κ3) is 3.93. The molecule has 0 aliphatic rings. The van der Waals surface area contributed by atoms with E-state index in [0.29, 0.717) is 27.8 Å². The first kappa shape index (κ1) is 14.3. The summed E-state index contributed by atoms with van der Waals surface area (Å²) in [5, 5.41) is 8.22. The van der Waals surface area contributed by atoms with Crippen molar-refractivity contribution in [2.45, 2.75) is 25.8 Å². The molecule has 0 radical (unpaired) electrons. The average Bonchev–Trinajstić information content (AvgIpc) is 2.83. The van der Waals surface area contributed by atoms with Crippen molar-refractivity contribution in [3.63, 3.8) is 0 Å². The first-order valence-corrected chi connectivity index (χ1v) is 6.80. The Labute approximate surface area is 122 Å².